The average Bonchev–Trinajstić information content (AvgIpc) is 3.32. The SMILES string of the molecule is Oc1cccc(N2CC(Oc3ccc(COCc4cccnc4)cc3)C2)c1-n1cccc1. The van der Waals surface area contributed by atoms with E-state index in [0.29, 0.717) is 13.2 Å². The maximum Gasteiger partial charge on any atom is 0.141 e. The Balaban J connectivity index is 1.14. The normalized spacial score (nSPS) is 13.7. The van der Waals surface area contributed by atoms with Gasteiger partial charge in [0.1, 0.15) is 23.3 Å². The quantitative estimate of drug-likeness (QED) is 0.447. The van der Waals surface area contributed by atoms with E-state index in [9.17, 15) is 5.11 Å². The second-order valence-corrected chi connectivity index (χ2v) is 7.88. The maximum atomic E-state index is 10.4. The number of pyridine rings is 1. The van der Waals surface area contributed by atoms with Crippen molar-refractivity contribution < 1.29 is 14.6 Å². The molecule has 0 bridgehead atoms. The topological polar surface area (TPSA) is 59.8 Å². The van der Waals surface area contributed by atoms with Gasteiger partial charge >= 0.3 is 0 Å². The number of aromatic nitrogens is 2. The van der Waals surface area contributed by atoms with Crippen LogP contribution in [-0.4, -0.2) is 33.9 Å². The molecule has 5 rings (SSSR count). The molecule has 2 aromatic carbocycles. The van der Waals surface area contributed by atoms with Crippen LogP contribution in [0.3, 0.4) is 0 Å². The van der Waals surface area contributed by atoms with E-state index in [2.05, 4.69) is 9.88 Å². The van der Waals surface area contributed by atoms with Gasteiger partial charge in [-0.05, 0) is 53.6 Å². The van der Waals surface area contributed by atoms with Gasteiger partial charge in [0.25, 0.3) is 0 Å². The molecule has 1 fully saturated rings. The molecule has 2 aromatic heterocycles. The molecule has 6 heteroatoms. The Morgan fingerprint density at radius 3 is 2.41 bits per heavy atom. The Bertz CT molecular complexity index is 1140. The van der Waals surface area contributed by atoms with Crippen LogP contribution in [0.4, 0.5) is 5.69 Å². The molecule has 6 nitrogen and oxygen atoms in total. The fourth-order valence-corrected chi connectivity index (χ4v) is 3.86. The number of para-hydroxylation sites is 1. The standard InChI is InChI=1S/C26H25N3O3/c30-25-7-3-6-24(26(25)28-13-1-2-14-28)29-16-23(17-29)32-22-10-8-20(9-11-22)18-31-19-21-5-4-12-27-15-21/h1-15,23,30H,16-19H2. The molecule has 32 heavy (non-hydrogen) atoms. The zero-order valence-electron chi connectivity index (χ0n) is 17.7. The number of ether oxygens (including phenoxy) is 2. The van der Waals surface area contributed by atoms with E-state index in [0.717, 1.165) is 41.3 Å². The lowest BCUT2D eigenvalue weighted by Gasteiger charge is -2.41. The van der Waals surface area contributed by atoms with Crippen LogP contribution in [0, 0.1) is 0 Å². The zero-order chi connectivity index (χ0) is 21.8. The molecule has 0 unspecified atom stereocenters. The summed E-state index contributed by atoms with van der Waals surface area (Å²) in [5.41, 5.74) is 3.97. The second-order valence-electron chi connectivity index (χ2n) is 7.88. The van der Waals surface area contributed by atoms with Crippen molar-refractivity contribution in [1.29, 1.82) is 0 Å². The minimum Gasteiger partial charge on any atom is -0.506 e. The van der Waals surface area contributed by atoms with Crippen LogP contribution in [0.1, 0.15) is 11.1 Å². The monoisotopic (exact) mass is 427 g/mol. The highest BCUT2D eigenvalue weighted by molar-refractivity contribution is 5.70. The number of hydrogen-bond acceptors (Lipinski definition) is 5. The molecule has 0 aliphatic carbocycles. The fourth-order valence-electron chi connectivity index (χ4n) is 3.86. The van der Waals surface area contributed by atoms with Crippen LogP contribution >= 0.6 is 0 Å². The van der Waals surface area contributed by atoms with Crippen molar-refractivity contribution in [2.75, 3.05) is 18.0 Å². The van der Waals surface area contributed by atoms with Gasteiger partial charge in [-0.3, -0.25) is 4.98 Å². The van der Waals surface area contributed by atoms with E-state index in [1.165, 1.54) is 0 Å². The third-order valence-corrected chi connectivity index (χ3v) is 5.53. The second kappa shape index (κ2) is 9.16. The van der Waals surface area contributed by atoms with Gasteiger partial charge in [0, 0.05) is 24.8 Å². The predicted octanol–water partition coefficient (Wildman–Crippen LogP) is 4.56. The summed E-state index contributed by atoms with van der Waals surface area (Å²) < 4.78 is 13.8. The summed E-state index contributed by atoms with van der Waals surface area (Å²) in [6.07, 6.45) is 7.57. The molecule has 1 N–H and O–H groups in total. The van der Waals surface area contributed by atoms with Gasteiger partial charge in [0.15, 0.2) is 0 Å². The minimum absolute atomic E-state index is 0.113. The predicted molar refractivity (Wildman–Crippen MR) is 123 cm³/mol. The van der Waals surface area contributed by atoms with E-state index >= 15 is 0 Å². The summed E-state index contributed by atoms with van der Waals surface area (Å²) >= 11 is 0. The number of anilines is 1. The molecule has 0 saturated carbocycles. The highest BCUT2D eigenvalue weighted by Gasteiger charge is 2.31. The van der Waals surface area contributed by atoms with E-state index < -0.39 is 0 Å². The highest BCUT2D eigenvalue weighted by atomic mass is 16.5. The molecular weight excluding hydrogens is 402 g/mol. The lowest BCUT2D eigenvalue weighted by atomic mass is 10.1. The smallest absolute Gasteiger partial charge is 0.141 e. The van der Waals surface area contributed by atoms with E-state index in [-0.39, 0.29) is 11.9 Å². The third-order valence-electron chi connectivity index (χ3n) is 5.53. The fraction of sp³-hybridized carbons (Fsp3) is 0.192. The van der Waals surface area contributed by atoms with Crippen LogP contribution in [0.15, 0.2) is 91.5 Å². The van der Waals surface area contributed by atoms with E-state index in [1.807, 2.05) is 83.8 Å². The van der Waals surface area contributed by atoms with Gasteiger partial charge in [-0.25, -0.2) is 0 Å². The van der Waals surface area contributed by atoms with Gasteiger partial charge in [-0.2, -0.15) is 0 Å². The summed E-state index contributed by atoms with van der Waals surface area (Å²) in [7, 11) is 0. The number of phenolic OH excluding ortho intramolecular Hbond substituents is 1. The number of hydrogen-bond donors (Lipinski definition) is 1. The Morgan fingerprint density at radius 2 is 1.66 bits per heavy atom. The molecule has 0 spiro atoms. The van der Waals surface area contributed by atoms with Gasteiger partial charge in [0.05, 0.1) is 32.0 Å². The van der Waals surface area contributed by atoms with Gasteiger partial charge in [-0.1, -0.05) is 24.3 Å². The van der Waals surface area contributed by atoms with Gasteiger partial charge < -0.3 is 24.0 Å². The highest BCUT2D eigenvalue weighted by Crippen LogP contribution is 2.35. The van der Waals surface area contributed by atoms with Crippen LogP contribution in [-0.2, 0) is 18.0 Å². The Labute approximate surface area is 187 Å². The average molecular weight is 428 g/mol. The first kappa shape index (κ1) is 20.2. The van der Waals surface area contributed by atoms with Crippen molar-refractivity contribution in [2.24, 2.45) is 0 Å². The maximum absolute atomic E-state index is 10.4. The van der Waals surface area contributed by atoms with Crippen molar-refractivity contribution in [3.05, 3.63) is 103 Å². The first-order valence-electron chi connectivity index (χ1n) is 10.7. The first-order valence-corrected chi connectivity index (χ1v) is 10.7. The Hall–Kier alpha value is -3.77. The lowest BCUT2D eigenvalue weighted by Crippen LogP contribution is -2.54. The van der Waals surface area contributed by atoms with Crippen molar-refractivity contribution in [3.8, 4) is 17.2 Å². The van der Waals surface area contributed by atoms with Crippen LogP contribution in [0.5, 0.6) is 11.5 Å². The van der Waals surface area contributed by atoms with Crippen LogP contribution in [0.2, 0.25) is 0 Å². The molecule has 0 atom stereocenters. The van der Waals surface area contributed by atoms with Gasteiger partial charge in [0.2, 0.25) is 0 Å². The molecule has 162 valence electrons. The van der Waals surface area contributed by atoms with E-state index in [4.69, 9.17) is 9.47 Å². The third kappa shape index (κ3) is 4.45. The largest absolute Gasteiger partial charge is 0.506 e. The summed E-state index contributed by atoms with van der Waals surface area (Å²) in [6, 6.07) is 21.5. The number of aromatic hydroxyl groups is 1. The van der Waals surface area contributed by atoms with Crippen molar-refractivity contribution >= 4 is 5.69 Å². The molecule has 1 saturated heterocycles. The Morgan fingerprint density at radius 1 is 0.875 bits per heavy atom. The van der Waals surface area contributed by atoms with E-state index in [1.54, 1.807) is 12.3 Å². The van der Waals surface area contributed by atoms with Gasteiger partial charge in [-0.15, -0.1) is 0 Å². The molecule has 0 radical (unpaired) electrons. The van der Waals surface area contributed by atoms with Crippen molar-refractivity contribution in [2.45, 2.75) is 19.3 Å². The number of rotatable bonds is 8. The minimum atomic E-state index is 0.113. The van der Waals surface area contributed by atoms with Crippen molar-refractivity contribution in [1.82, 2.24) is 9.55 Å². The molecular formula is C26H25N3O3. The lowest BCUT2D eigenvalue weighted by molar-refractivity contribution is 0.107. The summed E-state index contributed by atoms with van der Waals surface area (Å²) in [4.78, 5) is 6.32. The van der Waals surface area contributed by atoms with Crippen LogP contribution in [0.25, 0.3) is 5.69 Å². The number of benzene rings is 2. The van der Waals surface area contributed by atoms with Crippen LogP contribution < -0.4 is 9.64 Å². The molecule has 3 heterocycles. The summed E-state index contributed by atoms with van der Waals surface area (Å²) in [5.74, 6) is 1.12. The summed E-state index contributed by atoms with van der Waals surface area (Å²) in [5, 5.41) is 10.4. The summed E-state index contributed by atoms with van der Waals surface area (Å²) in [6.45, 7) is 2.64. The first-order chi connectivity index (χ1) is 15.8. The Kier molecular flexibility index (Phi) is 5.77. The molecule has 1 aliphatic rings. The number of nitrogens with zero attached hydrogens (tertiary/aromatic N) is 3. The molecule has 0 amide bonds. The zero-order valence-corrected chi connectivity index (χ0v) is 17.7. The number of phenols is 1. The van der Waals surface area contributed by atoms with Crippen molar-refractivity contribution in [3.63, 3.8) is 0 Å². The molecule has 4 aromatic rings. The molecule has 1 aliphatic heterocycles.